The van der Waals surface area contributed by atoms with Gasteiger partial charge in [-0.2, -0.15) is 11.8 Å². The molecule has 5 heteroatoms. The maximum Gasteiger partial charge on any atom is 0.190 e. The van der Waals surface area contributed by atoms with E-state index >= 15 is 0 Å². The van der Waals surface area contributed by atoms with Gasteiger partial charge in [0.05, 0.1) is 6.10 Å². The summed E-state index contributed by atoms with van der Waals surface area (Å²) in [5.41, 5.74) is 0. The number of ether oxygens (including phenoxy) is 3. The lowest BCUT2D eigenvalue weighted by Gasteiger charge is -2.22. The van der Waals surface area contributed by atoms with Crippen LogP contribution < -0.4 is 0 Å². The fourth-order valence-corrected chi connectivity index (χ4v) is 2.46. The van der Waals surface area contributed by atoms with Crippen molar-refractivity contribution in [2.75, 3.05) is 12.0 Å². The highest BCUT2D eigenvalue weighted by Gasteiger charge is 2.53. The topological polar surface area (TPSA) is 47.9 Å². The second-order valence-electron chi connectivity index (χ2n) is 4.09. The van der Waals surface area contributed by atoms with Crippen molar-refractivity contribution in [1.82, 2.24) is 0 Å². The molecule has 2 heterocycles. The Labute approximate surface area is 87.9 Å². The van der Waals surface area contributed by atoms with Crippen LogP contribution in [0, 0.1) is 0 Å². The van der Waals surface area contributed by atoms with Crippen molar-refractivity contribution in [3.05, 3.63) is 0 Å². The third kappa shape index (κ3) is 1.79. The SMILES string of the molecule is CSC[C@H]1O[C@@H]2OC(C)(C)O[C@@H]2[C@H]1O. The van der Waals surface area contributed by atoms with Gasteiger partial charge in [-0.15, -0.1) is 0 Å². The van der Waals surface area contributed by atoms with Crippen LogP contribution >= 0.6 is 11.8 Å². The number of hydrogen-bond donors (Lipinski definition) is 1. The third-order valence-electron chi connectivity index (χ3n) is 2.45. The number of thioether (sulfide) groups is 1. The standard InChI is InChI=1S/C9H16O4S/c1-9(2)12-7-6(10)5(4-14-3)11-8(7)13-9/h5-8,10H,4H2,1-3H3/t5-,6+,7-,8-/m1/s1. The van der Waals surface area contributed by atoms with Crippen LogP contribution in [0.15, 0.2) is 0 Å². The fourth-order valence-electron chi connectivity index (χ4n) is 1.86. The Balaban J connectivity index is 2.00. The zero-order chi connectivity index (χ0) is 10.3. The molecule has 0 aromatic carbocycles. The number of rotatable bonds is 2. The molecule has 4 nitrogen and oxygen atoms in total. The van der Waals surface area contributed by atoms with Crippen molar-refractivity contribution in [3.8, 4) is 0 Å². The zero-order valence-electron chi connectivity index (χ0n) is 8.60. The number of fused-ring (bicyclic) bond motifs is 1. The number of aliphatic hydroxyl groups is 1. The van der Waals surface area contributed by atoms with Gasteiger partial charge in [0, 0.05) is 5.75 Å². The van der Waals surface area contributed by atoms with Crippen LogP contribution in [0.4, 0.5) is 0 Å². The second kappa shape index (κ2) is 3.64. The van der Waals surface area contributed by atoms with E-state index < -0.39 is 18.2 Å². The van der Waals surface area contributed by atoms with E-state index in [0.29, 0.717) is 0 Å². The Morgan fingerprint density at radius 3 is 2.64 bits per heavy atom. The van der Waals surface area contributed by atoms with Crippen LogP contribution in [0.2, 0.25) is 0 Å². The van der Waals surface area contributed by atoms with Crippen LogP contribution in [0.3, 0.4) is 0 Å². The molecule has 2 aliphatic heterocycles. The maximum atomic E-state index is 9.88. The molecule has 0 radical (unpaired) electrons. The lowest BCUT2D eigenvalue weighted by Crippen LogP contribution is -2.35. The highest BCUT2D eigenvalue weighted by molar-refractivity contribution is 7.98. The molecule has 2 saturated heterocycles. The van der Waals surface area contributed by atoms with Crippen molar-refractivity contribution in [2.45, 2.75) is 44.2 Å². The summed E-state index contributed by atoms with van der Waals surface area (Å²) >= 11 is 1.65. The first kappa shape index (κ1) is 10.7. The lowest BCUT2D eigenvalue weighted by molar-refractivity contribution is -0.211. The van der Waals surface area contributed by atoms with Crippen LogP contribution in [-0.2, 0) is 14.2 Å². The average molecular weight is 220 g/mol. The summed E-state index contributed by atoms with van der Waals surface area (Å²) in [5, 5.41) is 9.88. The molecular weight excluding hydrogens is 204 g/mol. The summed E-state index contributed by atoms with van der Waals surface area (Å²) in [6.07, 6.45) is 0.500. The maximum absolute atomic E-state index is 9.88. The molecule has 2 fully saturated rings. The van der Waals surface area contributed by atoms with E-state index in [-0.39, 0.29) is 12.2 Å². The van der Waals surface area contributed by atoms with Crippen molar-refractivity contribution in [2.24, 2.45) is 0 Å². The van der Waals surface area contributed by atoms with Gasteiger partial charge in [0.15, 0.2) is 12.1 Å². The molecule has 0 spiro atoms. The summed E-state index contributed by atoms with van der Waals surface area (Å²) in [4.78, 5) is 0. The molecule has 0 aromatic heterocycles. The van der Waals surface area contributed by atoms with Gasteiger partial charge in [-0.3, -0.25) is 0 Å². The number of hydrogen-bond acceptors (Lipinski definition) is 5. The third-order valence-corrected chi connectivity index (χ3v) is 3.11. The van der Waals surface area contributed by atoms with Crippen molar-refractivity contribution in [3.63, 3.8) is 0 Å². The molecule has 0 bridgehead atoms. The second-order valence-corrected chi connectivity index (χ2v) is 5.00. The van der Waals surface area contributed by atoms with Gasteiger partial charge in [-0.25, -0.2) is 0 Å². The summed E-state index contributed by atoms with van der Waals surface area (Å²) < 4.78 is 16.6. The Kier molecular flexibility index (Phi) is 2.79. The van der Waals surface area contributed by atoms with Crippen molar-refractivity contribution in [1.29, 1.82) is 0 Å². The predicted octanol–water partition coefficient (Wildman–Crippen LogP) is 0.587. The van der Waals surface area contributed by atoms with Gasteiger partial charge in [0.1, 0.15) is 12.2 Å². The van der Waals surface area contributed by atoms with E-state index in [9.17, 15) is 5.11 Å². The van der Waals surface area contributed by atoms with Gasteiger partial charge in [-0.05, 0) is 20.1 Å². The van der Waals surface area contributed by atoms with E-state index in [1.807, 2.05) is 20.1 Å². The van der Waals surface area contributed by atoms with Gasteiger partial charge in [0.2, 0.25) is 0 Å². The molecule has 14 heavy (non-hydrogen) atoms. The van der Waals surface area contributed by atoms with E-state index in [4.69, 9.17) is 14.2 Å². The summed E-state index contributed by atoms with van der Waals surface area (Å²) in [6, 6.07) is 0. The first-order valence-corrected chi connectivity index (χ1v) is 6.11. The average Bonchev–Trinajstić information content (AvgIpc) is 2.50. The molecule has 0 aliphatic carbocycles. The van der Waals surface area contributed by atoms with Crippen molar-refractivity contribution < 1.29 is 19.3 Å². The predicted molar refractivity (Wildman–Crippen MR) is 53.1 cm³/mol. The normalized spacial score (nSPS) is 45.4. The van der Waals surface area contributed by atoms with Crippen LogP contribution in [0.1, 0.15) is 13.8 Å². The minimum atomic E-state index is -0.638. The molecule has 1 N–H and O–H groups in total. The van der Waals surface area contributed by atoms with E-state index in [1.54, 1.807) is 11.8 Å². The highest BCUT2D eigenvalue weighted by Crippen LogP contribution is 2.37. The Morgan fingerprint density at radius 2 is 2.07 bits per heavy atom. The van der Waals surface area contributed by atoms with Gasteiger partial charge >= 0.3 is 0 Å². The van der Waals surface area contributed by atoms with Crippen LogP contribution in [-0.4, -0.2) is 47.5 Å². The zero-order valence-corrected chi connectivity index (χ0v) is 9.41. The highest BCUT2D eigenvalue weighted by atomic mass is 32.2. The Bertz CT molecular complexity index is 221. The first-order valence-electron chi connectivity index (χ1n) is 4.71. The fraction of sp³-hybridized carbons (Fsp3) is 1.00. The van der Waals surface area contributed by atoms with Crippen LogP contribution in [0.25, 0.3) is 0 Å². The quantitative estimate of drug-likeness (QED) is 0.738. The van der Waals surface area contributed by atoms with E-state index in [1.165, 1.54) is 0 Å². The molecule has 0 aromatic rings. The molecule has 2 rings (SSSR count). The summed E-state index contributed by atoms with van der Waals surface area (Å²) in [5.74, 6) is 0.127. The first-order chi connectivity index (χ1) is 6.53. The van der Waals surface area contributed by atoms with Crippen molar-refractivity contribution >= 4 is 11.8 Å². The summed E-state index contributed by atoms with van der Waals surface area (Å²) in [6.45, 7) is 3.65. The summed E-state index contributed by atoms with van der Waals surface area (Å²) in [7, 11) is 0. The minimum absolute atomic E-state index is 0.170. The smallest absolute Gasteiger partial charge is 0.190 e. The molecule has 82 valence electrons. The van der Waals surface area contributed by atoms with Gasteiger partial charge in [-0.1, -0.05) is 0 Å². The molecule has 0 saturated carbocycles. The minimum Gasteiger partial charge on any atom is -0.387 e. The molecule has 0 unspecified atom stereocenters. The Morgan fingerprint density at radius 1 is 1.36 bits per heavy atom. The van der Waals surface area contributed by atoms with E-state index in [2.05, 4.69) is 0 Å². The number of aliphatic hydroxyl groups excluding tert-OH is 1. The van der Waals surface area contributed by atoms with Gasteiger partial charge < -0.3 is 19.3 Å². The largest absolute Gasteiger partial charge is 0.387 e. The molecule has 2 aliphatic rings. The molecular formula is C9H16O4S. The monoisotopic (exact) mass is 220 g/mol. The van der Waals surface area contributed by atoms with Gasteiger partial charge in [0.25, 0.3) is 0 Å². The molecule has 4 atom stereocenters. The molecule has 0 amide bonds. The Hall–Kier alpha value is 0.190. The van der Waals surface area contributed by atoms with Crippen LogP contribution in [0.5, 0.6) is 0 Å². The lowest BCUT2D eigenvalue weighted by atomic mass is 10.1. The van der Waals surface area contributed by atoms with E-state index in [0.717, 1.165) is 5.75 Å².